The summed E-state index contributed by atoms with van der Waals surface area (Å²) in [4.78, 5) is 0. The maximum Gasteiger partial charge on any atom is 0.187 e. The van der Waals surface area contributed by atoms with E-state index in [0.29, 0.717) is 17.3 Å². The van der Waals surface area contributed by atoms with Gasteiger partial charge in [-0.05, 0) is 46.8 Å². The SMILES string of the molecule is COc1ccc(-c2nnnn2-c2cccc(Br)c2)cc1N. The van der Waals surface area contributed by atoms with Crippen LogP contribution in [0.25, 0.3) is 17.1 Å². The zero-order valence-electron chi connectivity index (χ0n) is 11.2. The summed E-state index contributed by atoms with van der Waals surface area (Å²) in [6.07, 6.45) is 0. The summed E-state index contributed by atoms with van der Waals surface area (Å²) in [5, 5.41) is 11.9. The molecule has 2 aromatic carbocycles. The molecule has 0 saturated heterocycles. The topological polar surface area (TPSA) is 78.9 Å². The van der Waals surface area contributed by atoms with Gasteiger partial charge in [0.15, 0.2) is 5.82 Å². The normalized spacial score (nSPS) is 10.6. The second-order valence-electron chi connectivity index (χ2n) is 4.35. The summed E-state index contributed by atoms with van der Waals surface area (Å²) in [5.41, 5.74) is 8.16. The Bertz CT molecular complexity index is 787. The highest BCUT2D eigenvalue weighted by Crippen LogP contribution is 2.28. The summed E-state index contributed by atoms with van der Waals surface area (Å²) in [6.45, 7) is 0. The molecular weight excluding hydrogens is 334 g/mol. The fourth-order valence-electron chi connectivity index (χ4n) is 2.02. The molecule has 0 saturated carbocycles. The number of hydrogen-bond acceptors (Lipinski definition) is 5. The van der Waals surface area contributed by atoms with E-state index in [2.05, 4.69) is 31.5 Å². The van der Waals surface area contributed by atoms with Crippen molar-refractivity contribution in [1.29, 1.82) is 0 Å². The van der Waals surface area contributed by atoms with Crippen molar-refractivity contribution in [2.24, 2.45) is 0 Å². The van der Waals surface area contributed by atoms with Crippen LogP contribution in [0, 0.1) is 0 Å². The van der Waals surface area contributed by atoms with E-state index >= 15 is 0 Å². The lowest BCUT2D eigenvalue weighted by Crippen LogP contribution is -2.00. The van der Waals surface area contributed by atoms with Crippen molar-refractivity contribution in [1.82, 2.24) is 20.2 Å². The molecule has 0 radical (unpaired) electrons. The van der Waals surface area contributed by atoms with Gasteiger partial charge in [-0.2, -0.15) is 4.68 Å². The Labute approximate surface area is 129 Å². The summed E-state index contributed by atoms with van der Waals surface area (Å²) in [5.74, 6) is 1.24. The molecule has 3 aromatic rings. The average Bonchev–Trinajstić information content (AvgIpc) is 2.96. The first-order valence-electron chi connectivity index (χ1n) is 6.17. The summed E-state index contributed by atoms with van der Waals surface area (Å²) >= 11 is 3.44. The minimum absolute atomic E-state index is 0.541. The fraction of sp³-hybridized carbons (Fsp3) is 0.0714. The van der Waals surface area contributed by atoms with Crippen molar-refractivity contribution in [2.45, 2.75) is 0 Å². The number of rotatable bonds is 3. The van der Waals surface area contributed by atoms with Crippen molar-refractivity contribution >= 4 is 21.6 Å². The molecule has 21 heavy (non-hydrogen) atoms. The van der Waals surface area contributed by atoms with E-state index in [0.717, 1.165) is 15.7 Å². The molecule has 0 unspecified atom stereocenters. The lowest BCUT2D eigenvalue weighted by Gasteiger charge is -2.08. The van der Waals surface area contributed by atoms with E-state index in [1.807, 2.05) is 30.3 Å². The molecule has 0 fully saturated rings. The van der Waals surface area contributed by atoms with Gasteiger partial charge >= 0.3 is 0 Å². The van der Waals surface area contributed by atoms with Gasteiger partial charge in [-0.25, -0.2) is 0 Å². The number of methoxy groups -OCH3 is 1. The second-order valence-corrected chi connectivity index (χ2v) is 5.27. The fourth-order valence-corrected chi connectivity index (χ4v) is 2.41. The van der Waals surface area contributed by atoms with Crippen molar-refractivity contribution in [3.63, 3.8) is 0 Å². The molecule has 0 aliphatic heterocycles. The van der Waals surface area contributed by atoms with Crippen LogP contribution in [0.4, 0.5) is 5.69 Å². The average molecular weight is 346 g/mol. The zero-order valence-corrected chi connectivity index (χ0v) is 12.8. The minimum Gasteiger partial charge on any atom is -0.495 e. The van der Waals surface area contributed by atoms with Crippen LogP contribution in [0.15, 0.2) is 46.9 Å². The van der Waals surface area contributed by atoms with Crippen LogP contribution in [0.5, 0.6) is 5.75 Å². The molecule has 0 aliphatic carbocycles. The Morgan fingerprint density at radius 1 is 1.19 bits per heavy atom. The van der Waals surface area contributed by atoms with Crippen molar-refractivity contribution in [3.05, 3.63) is 46.9 Å². The summed E-state index contributed by atoms with van der Waals surface area (Å²) in [6, 6.07) is 13.2. The van der Waals surface area contributed by atoms with Gasteiger partial charge in [0, 0.05) is 10.0 Å². The van der Waals surface area contributed by atoms with Crippen LogP contribution in [0.2, 0.25) is 0 Å². The number of ether oxygens (including phenoxy) is 1. The van der Waals surface area contributed by atoms with Crippen molar-refractivity contribution in [2.75, 3.05) is 12.8 Å². The Kier molecular flexibility index (Phi) is 3.57. The molecular formula is C14H12BrN5O. The largest absolute Gasteiger partial charge is 0.495 e. The molecule has 2 N–H and O–H groups in total. The third-order valence-electron chi connectivity index (χ3n) is 3.01. The standard InChI is InChI=1S/C14H12BrN5O/c1-21-13-6-5-9(7-12(13)16)14-17-18-19-20(14)11-4-2-3-10(15)8-11/h2-8H,16H2,1H3. The predicted molar refractivity (Wildman–Crippen MR) is 83.3 cm³/mol. The minimum atomic E-state index is 0.541. The van der Waals surface area contributed by atoms with Crippen LogP contribution >= 0.6 is 15.9 Å². The molecule has 0 aliphatic rings. The highest BCUT2D eigenvalue weighted by atomic mass is 79.9. The highest BCUT2D eigenvalue weighted by molar-refractivity contribution is 9.10. The number of aromatic nitrogens is 4. The maximum absolute atomic E-state index is 5.94. The number of anilines is 1. The van der Waals surface area contributed by atoms with Crippen LogP contribution in [-0.2, 0) is 0 Å². The smallest absolute Gasteiger partial charge is 0.187 e. The molecule has 0 atom stereocenters. The first-order chi connectivity index (χ1) is 10.2. The van der Waals surface area contributed by atoms with Gasteiger partial charge in [0.2, 0.25) is 0 Å². The van der Waals surface area contributed by atoms with Crippen LogP contribution in [-0.4, -0.2) is 27.3 Å². The summed E-state index contributed by atoms with van der Waals surface area (Å²) < 4.78 is 7.77. The van der Waals surface area contributed by atoms with Gasteiger partial charge in [0.05, 0.1) is 18.5 Å². The molecule has 1 heterocycles. The molecule has 0 spiro atoms. The summed E-state index contributed by atoms with van der Waals surface area (Å²) in [7, 11) is 1.58. The third kappa shape index (κ3) is 2.59. The number of nitrogen functional groups attached to an aromatic ring is 1. The Hall–Kier alpha value is -2.41. The lowest BCUT2D eigenvalue weighted by atomic mass is 10.1. The van der Waals surface area contributed by atoms with Crippen LogP contribution in [0.3, 0.4) is 0 Å². The number of nitrogens with two attached hydrogens (primary N) is 1. The van der Waals surface area contributed by atoms with Crippen LogP contribution < -0.4 is 10.5 Å². The quantitative estimate of drug-likeness (QED) is 0.738. The molecule has 6 nitrogen and oxygen atoms in total. The van der Waals surface area contributed by atoms with E-state index in [-0.39, 0.29) is 0 Å². The molecule has 106 valence electrons. The lowest BCUT2D eigenvalue weighted by molar-refractivity contribution is 0.417. The number of tetrazole rings is 1. The van der Waals surface area contributed by atoms with Gasteiger partial charge < -0.3 is 10.5 Å². The number of benzene rings is 2. The van der Waals surface area contributed by atoms with Crippen LogP contribution in [0.1, 0.15) is 0 Å². The first-order valence-corrected chi connectivity index (χ1v) is 6.96. The first kappa shape index (κ1) is 13.6. The van der Waals surface area contributed by atoms with Gasteiger partial charge in [-0.3, -0.25) is 0 Å². The molecule has 1 aromatic heterocycles. The monoisotopic (exact) mass is 345 g/mol. The highest BCUT2D eigenvalue weighted by Gasteiger charge is 2.12. The van der Waals surface area contributed by atoms with E-state index < -0.39 is 0 Å². The number of hydrogen-bond donors (Lipinski definition) is 1. The van der Waals surface area contributed by atoms with E-state index in [9.17, 15) is 0 Å². The van der Waals surface area contributed by atoms with E-state index in [1.165, 1.54) is 0 Å². The Morgan fingerprint density at radius 2 is 2.05 bits per heavy atom. The number of nitrogens with zero attached hydrogens (tertiary/aromatic N) is 4. The van der Waals surface area contributed by atoms with Gasteiger partial charge in [0.25, 0.3) is 0 Å². The van der Waals surface area contributed by atoms with Crippen molar-refractivity contribution < 1.29 is 4.74 Å². The maximum atomic E-state index is 5.94. The van der Waals surface area contributed by atoms with Crippen molar-refractivity contribution in [3.8, 4) is 22.8 Å². The van der Waals surface area contributed by atoms with Gasteiger partial charge in [-0.15, -0.1) is 5.10 Å². The van der Waals surface area contributed by atoms with Gasteiger partial charge in [-0.1, -0.05) is 22.0 Å². The number of halogens is 1. The third-order valence-corrected chi connectivity index (χ3v) is 3.50. The van der Waals surface area contributed by atoms with Gasteiger partial charge in [0.1, 0.15) is 5.75 Å². The van der Waals surface area contributed by atoms with E-state index in [1.54, 1.807) is 23.9 Å². The second kappa shape index (κ2) is 5.53. The predicted octanol–water partition coefficient (Wildman–Crippen LogP) is 2.68. The Morgan fingerprint density at radius 3 is 2.76 bits per heavy atom. The Balaban J connectivity index is 2.09. The molecule has 7 heteroatoms. The molecule has 0 amide bonds. The molecule has 3 rings (SSSR count). The zero-order chi connectivity index (χ0) is 14.8. The van der Waals surface area contributed by atoms with E-state index in [4.69, 9.17) is 10.5 Å². The molecule has 0 bridgehead atoms.